The molecule has 0 saturated carbocycles. The number of amides is 1. The number of hydrogen-bond acceptors (Lipinski definition) is 6. The maximum atomic E-state index is 13.0. The molecule has 2 aromatic carbocycles. The average molecular weight is 413 g/mol. The van der Waals surface area contributed by atoms with E-state index in [1.54, 1.807) is 55.2 Å². The molecule has 3 rings (SSSR count). The molecule has 0 bridgehead atoms. The molecule has 1 amide bonds. The van der Waals surface area contributed by atoms with Gasteiger partial charge in [-0.25, -0.2) is 4.98 Å². The number of methoxy groups -OCH3 is 2. The van der Waals surface area contributed by atoms with Gasteiger partial charge in [0.25, 0.3) is 5.56 Å². The SMILES string of the molecule is COCC(C)n1c(SCC(=O)Nc2ccc(OC)cc2)nc2ccccc2c1=O. The standard InChI is InChI=1S/C21H23N3O4S/c1-14(12-27-2)24-20(26)17-6-4-5-7-18(17)23-21(24)29-13-19(25)22-15-8-10-16(28-3)11-9-15/h4-11,14H,12-13H2,1-3H3,(H,22,25). The van der Waals surface area contributed by atoms with Crippen molar-refractivity contribution in [1.82, 2.24) is 9.55 Å². The lowest BCUT2D eigenvalue weighted by atomic mass is 10.2. The van der Waals surface area contributed by atoms with Gasteiger partial charge in [-0.15, -0.1) is 0 Å². The van der Waals surface area contributed by atoms with Gasteiger partial charge in [-0.2, -0.15) is 0 Å². The van der Waals surface area contributed by atoms with Crippen molar-refractivity contribution in [1.29, 1.82) is 0 Å². The van der Waals surface area contributed by atoms with Crippen LogP contribution in [0.15, 0.2) is 58.5 Å². The van der Waals surface area contributed by atoms with Crippen LogP contribution >= 0.6 is 11.8 Å². The molecule has 0 saturated heterocycles. The zero-order valence-electron chi connectivity index (χ0n) is 16.5. The molecule has 1 atom stereocenters. The van der Waals surface area contributed by atoms with Crippen molar-refractivity contribution in [2.24, 2.45) is 0 Å². The van der Waals surface area contributed by atoms with E-state index in [-0.39, 0.29) is 23.3 Å². The third-order valence-electron chi connectivity index (χ3n) is 4.33. The van der Waals surface area contributed by atoms with E-state index < -0.39 is 0 Å². The number of thioether (sulfide) groups is 1. The van der Waals surface area contributed by atoms with E-state index in [0.717, 1.165) is 0 Å². The minimum absolute atomic E-state index is 0.122. The minimum atomic E-state index is -0.211. The molecule has 0 fully saturated rings. The Hall–Kier alpha value is -2.84. The summed E-state index contributed by atoms with van der Waals surface area (Å²) < 4.78 is 11.9. The fourth-order valence-electron chi connectivity index (χ4n) is 2.93. The van der Waals surface area contributed by atoms with Crippen LogP contribution in [0.4, 0.5) is 5.69 Å². The van der Waals surface area contributed by atoms with Crippen molar-refractivity contribution < 1.29 is 14.3 Å². The predicted octanol–water partition coefficient (Wildman–Crippen LogP) is 3.34. The van der Waals surface area contributed by atoms with Gasteiger partial charge < -0.3 is 14.8 Å². The molecule has 0 radical (unpaired) electrons. The highest BCUT2D eigenvalue weighted by molar-refractivity contribution is 7.99. The summed E-state index contributed by atoms with van der Waals surface area (Å²) in [5, 5.41) is 3.87. The summed E-state index contributed by atoms with van der Waals surface area (Å²) in [7, 11) is 3.18. The van der Waals surface area contributed by atoms with E-state index in [1.807, 2.05) is 19.1 Å². The van der Waals surface area contributed by atoms with Crippen LogP contribution in [0.25, 0.3) is 10.9 Å². The van der Waals surface area contributed by atoms with E-state index in [0.29, 0.717) is 34.1 Å². The van der Waals surface area contributed by atoms with Gasteiger partial charge in [-0.3, -0.25) is 14.2 Å². The highest BCUT2D eigenvalue weighted by atomic mass is 32.2. The lowest BCUT2D eigenvalue weighted by molar-refractivity contribution is -0.113. The molecule has 1 aromatic heterocycles. The molecule has 7 nitrogen and oxygen atoms in total. The summed E-state index contributed by atoms with van der Waals surface area (Å²) in [5.74, 6) is 0.652. The zero-order valence-corrected chi connectivity index (χ0v) is 17.4. The number of benzene rings is 2. The van der Waals surface area contributed by atoms with Gasteiger partial charge in [-0.1, -0.05) is 23.9 Å². The van der Waals surface area contributed by atoms with Crippen LogP contribution in [0.5, 0.6) is 5.75 Å². The van der Waals surface area contributed by atoms with E-state index in [1.165, 1.54) is 11.8 Å². The number of fused-ring (bicyclic) bond motifs is 1. The van der Waals surface area contributed by atoms with E-state index in [9.17, 15) is 9.59 Å². The molecule has 1 heterocycles. The second kappa shape index (κ2) is 9.58. The first-order valence-corrected chi connectivity index (χ1v) is 10.1. The van der Waals surface area contributed by atoms with E-state index in [2.05, 4.69) is 10.3 Å². The number of rotatable bonds is 8. The minimum Gasteiger partial charge on any atom is -0.497 e. The van der Waals surface area contributed by atoms with Crippen LogP contribution in [0.3, 0.4) is 0 Å². The molecule has 1 unspecified atom stereocenters. The fraction of sp³-hybridized carbons (Fsp3) is 0.286. The Balaban J connectivity index is 1.81. The highest BCUT2D eigenvalue weighted by Crippen LogP contribution is 2.22. The van der Waals surface area contributed by atoms with Gasteiger partial charge in [-0.05, 0) is 43.3 Å². The third-order valence-corrected chi connectivity index (χ3v) is 5.28. The van der Waals surface area contributed by atoms with E-state index in [4.69, 9.17) is 9.47 Å². The van der Waals surface area contributed by atoms with Gasteiger partial charge in [0.05, 0.1) is 36.4 Å². The molecule has 0 aliphatic heterocycles. The van der Waals surface area contributed by atoms with Crippen molar-refractivity contribution in [3.05, 3.63) is 58.9 Å². The first kappa shape index (κ1) is 20.9. The molecule has 0 aliphatic carbocycles. The van der Waals surface area contributed by atoms with Crippen LogP contribution in [0, 0.1) is 0 Å². The molecule has 3 aromatic rings. The third kappa shape index (κ3) is 4.96. The number of aromatic nitrogens is 2. The van der Waals surface area contributed by atoms with Crippen LogP contribution in [0.1, 0.15) is 13.0 Å². The Labute approximate surface area is 173 Å². The highest BCUT2D eigenvalue weighted by Gasteiger charge is 2.17. The van der Waals surface area contributed by atoms with Gasteiger partial charge in [0.1, 0.15) is 5.75 Å². The molecule has 152 valence electrons. The average Bonchev–Trinajstić information content (AvgIpc) is 2.73. The number of nitrogens with zero attached hydrogens (tertiary/aromatic N) is 2. The predicted molar refractivity (Wildman–Crippen MR) is 115 cm³/mol. The number of carbonyl (C=O) groups is 1. The number of ether oxygens (including phenoxy) is 2. The smallest absolute Gasteiger partial charge is 0.262 e. The van der Waals surface area contributed by atoms with Gasteiger partial charge in [0, 0.05) is 12.8 Å². The fourth-order valence-corrected chi connectivity index (χ4v) is 3.83. The Morgan fingerprint density at radius 2 is 1.90 bits per heavy atom. The van der Waals surface area contributed by atoms with Crippen LogP contribution in [0.2, 0.25) is 0 Å². The van der Waals surface area contributed by atoms with Gasteiger partial charge in [0.2, 0.25) is 5.91 Å². The first-order valence-electron chi connectivity index (χ1n) is 9.10. The van der Waals surface area contributed by atoms with Crippen molar-refractivity contribution in [2.45, 2.75) is 18.1 Å². The van der Waals surface area contributed by atoms with Crippen molar-refractivity contribution in [3.8, 4) is 5.75 Å². The Morgan fingerprint density at radius 3 is 2.59 bits per heavy atom. The summed E-state index contributed by atoms with van der Waals surface area (Å²) in [6.07, 6.45) is 0. The largest absolute Gasteiger partial charge is 0.497 e. The summed E-state index contributed by atoms with van der Waals surface area (Å²) >= 11 is 1.22. The van der Waals surface area contributed by atoms with Crippen molar-refractivity contribution in [2.75, 3.05) is 31.9 Å². The Kier molecular flexibility index (Phi) is 6.90. The summed E-state index contributed by atoms with van der Waals surface area (Å²) in [6.45, 7) is 2.26. The van der Waals surface area contributed by atoms with Crippen LogP contribution < -0.4 is 15.6 Å². The molecule has 1 N–H and O–H groups in total. The topological polar surface area (TPSA) is 82.4 Å². The summed E-state index contributed by atoms with van der Waals surface area (Å²) in [5.41, 5.74) is 1.14. The number of carbonyl (C=O) groups excluding carboxylic acids is 1. The van der Waals surface area contributed by atoms with Crippen LogP contribution in [-0.2, 0) is 9.53 Å². The van der Waals surface area contributed by atoms with Crippen molar-refractivity contribution in [3.63, 3.8) is 0 Å². The normalized spacial score (nSPS) is 12.0. The quantitative estimate of drug-likeness (QED) is 0.451. The first-order chi connectivity index (χ1) is 14.0. The zero-order chi connectivity index (χ0) is 20.8. The summed E-state index contributed by atoms with van der Waals surface area (Å²) in [6, 6.07) is 14.1. The lowest BCUT2D eigenvalue weighted by Crippen LogP contribution is -2.29. The monoisotopic (exact) mass is 413 g/mol. The molecule has 8 heteroatoms. The van der Waals surface area contributed by atoms with E-state index >= 15 is 0 Å². The molecular weight excluding hydrogens is 390 g/mol. The maximum Gasteiger partial charge on any atom is 0.262 e. The Bertz CT molecular complexity index is 1050. The van der Waals surface area contributed by atoms with Crippen molar-refractivity contribution >= 4 is 34.3 Å². The number of para-hydroxylation sites is 1. The molecule has 0 aliphatic rings. The second-order valence-electron chi connectivity index (χ2n) is 6.46. The van der Waals surface area contributed by atoms with Gasteiger partial charge >= 0.3 is 0 Å². The number of anilines is 1. The molecule has 0 spiro atoms. The second-order valence-corrected chi connectivity index (χ2v) is 7.40. The molecule has 29 heavy (non-hydrogen) atoms. The molecular formula is C21H23N3O4S. The maximum absolute atomic E-state index is 13.0. The lowest BCUT2D eigenvalue weighted by Gasteiger charge is -2.18. The number of nitrogens with one attached hydrogen (secondary N) is 1. The summed E-state index contributed by atoms with van der Waals surface area (Å²) in [4.78, 5) is 30.0. The van der Waals surface area contributed by atoms with Gasteiger partial charge in [0.15, 0.2) is 5.16 Å². The van der Waals surface area contributed by atoms with Crippen LogP contribution in [-0.4, -0.2) is 42.0 Å². The number of hydrogen-bond donors (Lipinski definition) is 1. The Morgan fingerprint density at radius 1 is 1.17 bits per heavy atom.